The molecule has 2 saturated heterocycles. The first-order valence-corrected chi connectivity index (χ1v) is 7.72. The molecule has 130 valence electrons. The molecule has 2 fully saturated rings. The minimum atomic E-state index is -4.77. The van der Waals surface area contributed by atoms with E-state index in [1.165, 1.54) is 23.1 Å². The van der Waals surface area contributed by atoms with E-state index in [0.717, 1.165) is 6.42 Å². The van der Waals surface area contributed by atoms with E-state index in [-0.39, 0.29) is 24.1 Å². The monoisotopic (exact) mass is 342 g/mol. The van der Waals surface area contributed by atoms with Crippen LogP contribution < -0.4 is 4.74 Å². The van der Waals surface area contributed by atoms with Crippen LogP contribution in [-0.4, -0.2) is 46.6 Å². The average Bonchev–Trinajstić information content (AvgIpc) is 2.98. The first kappa shape index (κ1) is 16.6. The van der Waals surface area contributed by atoms with Crippen LogP contribution in [0.1, 0.15) is 25.3 Å². The van der Waals surface area contributed by atoms with Crippen molar-refractivity contribution in [3.05, 3.63) is 29.8 Å². The molecule has 1 aromatic carbocycles. The molecule has 0 unspecified atom stereocenters. The molecule has 0 aliphatic carbocycles. The molecule has 1 aromatic rings. The maximum atomic E-state index is 12.6. The van der Waals surface area contributed by atoms with Crippen LogP contribution >= 0.6 is 0 Å². The van der Waals surface area contributed by atoms with Gasteiger partial charge in [0.15, 0.2) is 0 Å². The smallest absolute Gasteiger partial charge is 0.406 e. The number of benzene rings is 1. The third-order valence-electron chi connectivity index (χ3n) is 4.41. The molecule has 0 spiro atoms. The molecular formula is C16H17F3N2O3. The van der Waals surface area contributed by atoms with Gasteiger partial charge in [0.1, 0.15) is 17.8 Å². The first-order valence-electron chi connectivity index (χ1n) is 7.72. The van der Waals surface area contributed by atoms with Crippen molar-refractivity contribution in [1.82, 2.24) is 9.80 Å². The molecule has 2 aliphatic heterocycles. The number of alkyl halides is 3. The zero-order chi connectivity index (χ0) is 17.5. The number of ether oxygens (including phenoxy) is 1. The molecule has 5 nitrogen and oxygen atoms in total. The quantitative estimate of drug-likeness (QED) is 0.847. The molecule has 0 bridgehead atoms. The Bertz CT molecular complexity index is 662. The second-order valence-electron chi connectivity index (χ2n) is 6.03. The number of fused-ring (bicyclic) bond motifs is 1. The van der Waals surface area contributed by atoms with Crippen LogP contribution in [0.2, 0.25) is 0 Å². The lowest BCUT2D eigenvalue weighted by molar-refractivity contribution is -0.274. The van der Waals surface area contributed by atoms with Crippen molar-refractivity contribution in [3.63, 3.8) is 0 Å². The summed E-state index contributed by atoms with van der Waals surface area (Å²) in [5.41, 5.74) is 0.483. The average molecular weight is 342 g/mol. The minimum Gasteiger partial charge on any atom is -0.406 e. The van der Waals surface area contributed by atoms with Crippen LogP contribution in [0, 0.1) is 0 Å². The number of amides is 2. The Morgan fingerprint density at radius 1 is 1.25 bits per heavy atom. The predicted octanol–water partition coefficient (Wildman–Crippen LogP) is 2.31. The van der Waals surface area contributed by atoms with Crippen molar-refractivity contribution in [3.8, 4) is 5.75 Å². The summed E-state index contributed by atoms with van der Waals surface area (Å²) < 4.78 is 40.8. The van der Waals surface area contributed by atoms with Gasteiger partial charge in [-0.05, 0) is 37.5 Å². The molecule has 3 rings (SSSR count). The van der Waals surface area contributed by atoms with Gasteiger partial charge in [-0.25, -0.2) is 0 Å². The van der Waals surface area contributed by atoms with Gasteiger partial charge in [0, 0.05) is 13.1 Å². The lowest BCUT2D eigenvalue weighted by atomic mass is 10.0. The van der Waals surface area contributed by atoms with E-state index in [2.05, 4.69) is 4.74 Å². The van der Waals surface area contributed by atoms with E-state index in [4.69, 9.17) is 0 Å². The van der Waals surface area contributed by atoms with Crippen LogP contribution in [-0.2, 0) is 16.1 Å². The Labute approximate surface area is 137 Å². The molecule has 0 saturated carbocycles. The van der Waals surface area contributed by atoms with Gasteiger partial charge in [-0.2, -0.15) is 0 Å². The van der Waals surface area contributed by atoms with E-state index < -0.39 is 18.4 Å². The number of carbonyl (C=O) groups is 2. The third-order valence-corrected chi connectivity index (χ3v) is 4.41. The SMILES string of the molecule is C[C@H]1C(=O)N2CCC[C@H]2C(=O)N1Cc1cccc(OC(F)(F)F)c1. The predicted molar refractivity (Wildman–Crippen MR) is 77.9 cm³/mol. The number of halogens is 3. The van der Waals surface area contributed by atoms with Crippen molar-refractivity contribution in [2.75, 3.05) is 6.54 Å². The molecule has 2 amide bonds. The summed E-state index contributed by atoms with van der Waals surface area (Å²) in [5, 5.41) is 0. The number of hydrogen-bond acceptors (Lipinski definition) is 3. The van der Waals surface area contributed by atoms with Gasteiger partial charge in [0.05, 0.1) is 0 Å². The van der Waals surface area contributed by atoms with Gasteiger partial charge >= 0.3 is 6.36 Å². The van der Waals surface area contributed by atoms with Gasteiger partial charge in [-0.15, -0.1) is 13.2 Å². The van der Waals surface area contributed by atoms with Crippen LogP contribution in [0.3, 0.4) is 0 Å². The fourth-order valence-electron chi connectivity index (χ4n) is 3.30. The molecule has 0 aromatic heterocycles. The number of nitrogens with zero attached hydrogens (tertiary/aromatic N) is 2. The molecule has 24 heavy (non-hydrogen) atoms. The lowest BCUT2D eigenvalue weighted by Gasteiger charge is -2.41. The summed E-state index contributed by atoms with van der Waals surface area (Å²) in [4.78, 5) is 28.0. The molecule has 8 heteroatoms. The fraction of sp³-hybridized carbons (Fsp3) is 0.500. The van der Waals surface area contributed by atoms with Crippen LogP contribution in [0.15, 0.2) is 24.3 Å². The molecular weight excluding hydrogens is 325 g/mol. The highest BCUT2D eigenvalue weighted by Crippen LogP contribution is 2.29. The molecule has 2 heterocycles. The maximum Gasteiger partial charge on any atom is 0.573 e. The van der Waals surface area contributed by atoms with E-state index in [0.29, 0.717) is 18.5 Å². The van der Waals surface area contributed by atoms with Crippen molar-refractivity contribution in [2.45, 2.75) is 44.8 Å². The van der Waals surface area contributed by atoms with Crippen LogP contribution in [0.5, 0.6) is 5.75 Å². The standard InChI is InChI=1S/C16H17F3N2O3/c1-10-14(22)20-7-3-6-13(20)15(23)21(10)9-11-4-2-5-12(8-11)24-16(17,18)19/h2,4-5,8,10,13H,3,6-7,9H2,1H3/t10-,13-/m0/s1. The minimum absolute atomic E-state index is 0.0745. The Morgan fingerprint density at radius 3 is 2.71 bits per heavy atom. The second-order valence-corrected chi connectivity index (χ2v) is 6.03. The first-order chi connectivity index (χ1) is 11.3. The Kier molecular flexibility index (Phi) is 4.15. The Hall–Kier alpha value is -2.25. The van der Waals surface area contributed by atoms with Gasteiger partial charge in [-0.3, -0.25) is 9.59 Å². The molecule has 0 N–H and O–H groups in total. The van der Waals surface area contributed by atoms with E-state index >= 15 is 0 Å². The van der Waals surface area contributed by atoms with Gasteiger partial charge in [-0.1, -0.05) is 12.1 Å². The number of hydrogen-bond donors (Lipinski definition) is 0. The van der Waals surface area contributed by atoms with Crippen molar-refractivity contribution in [2.24, 2.45) is 0 Å². The largest absolute Gasteiger partial charge is 0.573 e. The summed E-state index contributed by atoms with van der Waals surface area (Å²) in [6, 6.07) is 4.40. The Morgan fingerprint density at radius 2 is 2.00 bits per heavy atom. The third kappa shape index (κ3) is 3.18. The van der Waals surface area contributed by atoms with Crippen LogP contribution in [0.4, 0.5) is 13.2 Å². The summed E-state index contributed by atoms with van der Waals surface area (Å²) >= 11 is 0. The summed E-state index contributed by atoms with van der Waals surface area (Å²) in [7, 11) is 0. The van der Waals surface area contributed by atoms with Crippen molar-refractivity contribution in [1.29, 1.82) is 0 Å². The Balaban J connectivity index is 1.78. The normalized spacial score (nSPS) is 24.3. The van der Waals surface area contributed by atoms with Gasteiger partial charge < -0.3 is 14.5 Å². The maximum absolute atomic E-state index is 12.6. The molecule has 2 atom stereocenters. The van der Waals surface area contributed by atoms with Gasteiger partial charge in [0.2, 0.25) is 11.8 Å². The van der Waals surface area contributed by atoms with Gasteiger partial charge in [0.25, 0.3) is 0 Å². The summed E-state index contributed by atoms with van der Waals surface area (Å²) in [5.74, 6) is -0.604. The zero-order valence-corrected chi connectivity index (χ0v) is 13.0. The van der Waals surface area contributed by atoms with E-state index in [1.807, 2.05) is 0 Å². The second kappa shape index (κ2) is 5.99. The zero-order valence-electron chi connectivity index (χ0n) is 13.0. The lowest BCUT2D eigenvalue weighted by Crippen LogP contribution is -2.61. The number of piperazine rings is 1. The molecule has 0 radical (unpaired) electrons. The highest BCUT2D eigenvalue weighted by atomic mass is 19.4. The van der Waals surface area contributed by atoms with Crippen molar-refractivity contribution >= 4 is 11.8 Å². The highest BCUT2D eigenvalue weighted by molar-refractivity contribution is 5.97. The highest BCUT2D eigenvalue weighted by Gasteiger charge is 2.45. The number of carbonyl (C=O) groups excluding carboxylic acids is 2. The molecule has 2 aliphatic rings. The van der Waals surface area contributed by atoms with Crippen LogP contribution in [0.25, 0.3) is 0 Å². The van der Waals surface area contributed by atoms with Crippen molar-refractivity contribution < 1.29 is 27.5 Å². The number of rotatable bonds is 3. The topological polar surface area (TPSA) is 49.9 Å². The summed E-state index contributed by atoms with van der Waals surface area (Å²) in [6.07, 6.45) is -3.35. The summed E-state index contributed by atoms with van der Waals surface area (Å²) in [6.45, 7) is 2.30. The fourth-order valence-corrected chi connectivity index (χ4v) is 3.30. The van der Waals surface area contributed by atoms with E-state index in [1.54, 1.807) is 17.9 Å². The van der Waals surface area contributed by atoms with E-state index in [9.17, 15) is 22.8 Å².